The van der Waals surface area contributed by atoms with Crippen LogP contribution in [0.1, 0.15) is 49.7 Å². The van der Waals surface area contributed by atoms with Crippen molar-refractivity contribution in [1.29, 1.82) is 0 Å². The van der Waals surface area contributed by atoms with Gasteiger partial charge in [0, 0.05) is 19.3 Å². The summed E-state index contributed by atoms with van der Waals surface area (Å²) in [7, 11) is 1.89. The second-order valence-electron chi connectivity index (χ2n) is 6.61. The van der Waals surface area contributed by atoms with E-state index < -0.39 is 0 Å². The molecule has 0 atom stereocenters. The third-order valence-electron chi connectivity index (χ3n) is 4.80. The summed E-state index contributed by atoms with van der Waals surface area (Å²) in [6, 6.07) is 6.28. The van der Waals surface area contributed by atoms with Crippen molar-refractivity contribution in [2.75, 3.05) is 18.5 Å². The van der Waals surface area contributed by atoms with Gasteiger partial charge in [0.25, 0.3) is 0 Å². The molecule has 1 aromatic rings. The Morgan fingerprint density at radius 2 is 1.62 bits per heavy atom. The molecule has 2 N–H and O–H groups in total. The Hall–Kier alpha value is -1.35. The number of rotatable bonds is 3. The number of nitrogens with zero attached hydrogens (tertiary/aromatic N) is 1. The van der Waals surface area contributed by atoms with Gasteiger partial charge in [-0.3, -0.25) is 4.79 Å². The molecular formula is C18H28N2O. The van der Waals surface area contributed by atoms with E-state index in [0.717, 1.165) is 31.4 Å². The summed E-state index contributed by atoms with van der Waals surface area (Å²) in [6.45, 7) is 4.60. The Kier molecular flexibility index (Phi) is 5.04. The molecule has 1 fully saturated rings. The SMILES string of the molecule is Cc1cc(C)cc(N(C)C(=O)C2(CN)CCCCCC2)c1. The van der Waals surface area contributed by atoms with Crippen LogP contribution < -0.4 is 10.6 Å². The van der Waals surface area contributed by atoms with E-state index in [4.69, 9.17) is 5.73 Å². The minimum Gasteiger partial charge on any atom is -0.329 e. The van der Waals surface area contributed by atoms with E-state index in [-0.39, 0.29) is 11.3 Å². The predicted molar refractivity (Wildman–Crippen MR) is 88.5 cm³/mol. The van der Waals surface area contributed by atoms with Gasteiger partial charge in [-0.2, -0.15) is 0 Å². The third-order valence-corrected chi connectivity index (χ3v) is 4.80. The zero-order valence-corrected chi connectivity index (χ0v) is 13.6. The van der Waals surface area contributed by atoms with Gasteiger partial charge in [-0.15, -0.1) is 0 Å². The fraction of sp³-hybridized carbons (Fsp3) is 0.611. The van der Waals surface area contributed by atoms with E-state index in [0.29, 0.717) is 6.54 Å². The van der Waals surface area contributed by atoms with Crippen molar-refractivity contribution in [2.45, 2.75) is 52.4 Å². The fourth-order valence-electron chi connectivity index (χ4n) is 3.53. The molecule has 0 aliphatic heterocycles. The van der Waals surface area contributed by atoms with Crippen LogP contribution in [0.2, 0.25) is 0 Å². The zero-order valence-electron chi connectivity index (χ0n) is 13.6. The summed E-state index contributed by atoms with van der Waals surface area (Å²) in [4.78, 5) is 14.9. The number of hydrogen-bond donors (Lipinski definition) is 1. The maximum atomic E-state index is 13.1. The van der Waals surface area contributed by atoms with Crippen molar-refractivity contribution in [3.63, 3.8) is 0 Å². The minimum absolute atomic E-state index is 0.192. The monoisotopic (exact) mass is 288 g/mol. The summed E-state index contributed by atoms with van der Waals surface area (Å²) >= 11 is 0. The maximum Gasteiger partial charge on any atom is 0.234 e. The number of nitrogens with two attached hydrogens (primary N) is 1. The lowest BCUT2D eigenvalue weighted by Crippen LogP contribution is -2.46. The van der Waals surface area contributed by atoms with Crippen molar-refractivity contribution in [3.8, 4) is 0 Å². The Balaban J connectivity index is 2.27. The van der Waals surface area contributed by atoms with Crippen molar-refractivity contribution in [3.05, 3.63) is 29.3 Å². The Labute approximate surface area is 128 Å². The van der Waals surface area contributed by atoms with Crippen molar-refractivity contribution in [2.24, 2.45) is 11.1 Å². The first kappa shape index (κ1) is 16.0. The molecule has 116 valence electrons. The number of anilines is 1. The van der Waals surface area contributed by atoms with Gasteiger partial charge in [0.05, 0.1) is 5.41 Å². The standard InChI is InChI=1S/C18H28N2O/c1-14-10-15(2)12-16(11-14)20(3)17(21)18(13-19)8-6-4-5-7-9-18/h10-12H,4-9,13,19H2,1-3H3. The lowest BCUT2D eigenvalue weighted by atomic mass is 9.79. The molecule has 1 amide bonds. The van der Waals surface area contributed by atoms with Crippen LogP contribution in [0.4, 0.5) is 5.69 Å². The first-order valence-electron chi connectivity index (χ1n) is 8.05. The van der Waals surface area contributed by atoms with Crippen LogP contribution in [0, 0.1) is 19.3 Å². The van der Waals surface area contributed by atoms with Crippen LogP contribution >= 0.6 is 0 Å². The van der Waals surface area contributed by atoms with Crippen LogP contribution in [0.3, 0.4) is 0 Å². The molecule has 1 aliphatic rings. The van der Waals surface area contributed by atoms with Crippen molar-refractivity contribution in [1.82, 2.24) is 0 Å². The van der Waals surface area contributed by atoms with Crippen molar-refractivity contribution >= 4 is 11.6 Å². The second kappa shape index (κ2) is 6.61. The normalized spacial score (nSPS) is 18.1. The fourth-order valence-corrected chi connectivity index (χ4v) is 3.53. The first-order valence-corrected chi connectivity index (χ1v) is 8.05. The van der Waals surface area contributed by atoms with E-state index in [1.165, 1.54) is 24.0 Å². The first-order chi connectivity index (χ1) is 9.98. The largest absolute Gasteiger partial charge is 0.329 e. The lowest BCUT2D eigenvalue weighted by molar-refractivity contribution is -0.128. The molecule has 1 aliphatic carbocycles. The zero-order chi connectivity index (χ0) is 15.5. The second-order valence-corrected chi connectivity index (χ2v) is 6.61. The van der Waals surface area contributed by atoms with Gasteiger partial charge in [-0.1, -0.05) is 31.7 Å². The van der Waals surface area contributed by atoms with Gasteiger partial charge in [-0.05, 0) is 49.9 Å². The van der Waals surface area contributed by atoms with Crippen molar-refractivity contribution < 1.29 is 4.79 Å². The van der Waals surface area contributed by atoms with Crippen LogP contribution in [-0.4, -0.2) is 19.5 Å². The highest BCUT2D eigenvalue weighted by Crippen LogP contribution is 2.37. The quantitative estimate of drug-likeness (QED) is 0.864. The molecule has 0 aromatic heterocycles. The summed E-state index contributed by atoms with van der Waals surface area (Å²) < 4.78 is 0. The van der Waals surface area contributed by atoms with Gasteiger partial charge >= 0.3 is 0 Å². The molecule has 2 rings (SSSR count). The van der Waals surface area contributed by atoms with E-state index in [1.54, 1.807) is 0 Å². The number of carbonyl (C=O) groups excluding carboxylic acids is 1. The highest BCUT2D eigenvalue weighted by Gasteiger charge is 2.39. The minimum atomic E-state index is -0.358. The van der Waals surface area contributed by atoms with E-state index in [9.17, 15) is 4.79 Å². The molecule has 0 heterocycles. The molecule has 1 aromatic carbocycles. The van der Waals surface area contributed by atoms with Crippen LogP contribution in [-0.2, 0) is 4.79 Å². The van der Waals surface area contributed by atoms with E-state index in [2.05, 4.69) is 32.0 Å². The van der Waals surface area contributed by atoms with Crippen LogP contribution in [0.5, 0.6) is 0 Å². The summed E-state index contributed by atoms with van der Waals surface area (Å²) in [5, 5.41) is 0. The third kappa shape index (κ3) is 3.46. The molecular weight excluding hydrogens is 260 g/mol. The topological polar surface area (TPSA) is 46.3 Å². The number of amides is 1. The molecule has 3 nitrogen and oxygen atoms in total. The number of benzene rings is 1. The predicted octanol–water partition coefficient (Wildman–Crippen LogP) is 3.57. The summed E-state index contributed by atoms with van der Waals surface area (Å²) in [5.74, 6) is 0.192. The van der Waals surface area contributed by atoms with E-state index >= 15 is 0 Å². The number of carbonyl (C=O) groups is 1. The van der Waals surface area contributed by atoms with Crippen LogP contribution in [0.15, 0.2) is 18.2 Å². The number of hydrogen-bond acceptors (Lipinski definition) is 2. The smallest absolute Gasteiger partial charge is 0.234 e. The molecule has 0 saturated heterocycles. The molecule has 0 bridgehead atoms. The molecule has 0 radical (unpaired) electrons. The summed E-state index contributed by atoms with van der Waals surface area (Å²) in [5.41, 5.74) is 9.03. The molecule has 3 heteroatoms. The average molecular weight is 288 g/mol. The molecule has 0 spiro atoms. The van der Waals surface area contributed by atoms with Gasteiger partial charge in [0.1, 0.15) is 0 Å². The molecule has 1 saturated carbocycles. The Morgan fingerprint density at radius 3 is 2.10 bits per heavy atom. The average Bonchev–Trinajstić information content (AvgIpc) is 2.71. The van der Waals surface area contributed by atoms with Gasteiger partial charge < -0.3 is 10.6 Å². The molecule has 21 heavy (non-hydrogen) atoms. The lowest BCUT2D eigenvalue weighted by Gasteiger charge is -2.34. The highest BCUT2D eigenvalue weighted by atomic mass is 16.2. The van der Waals surface area contributed by atoms with Gasteiger partial charge in [-0.25, -0.2) is 0 Å². The Bertz CT molecular complexity index is 482. The number of aryl methyl sites for hydroxylation is 2. The van der Waals surface area contributed by atoms with E-state index in [1.807, 2.05) is 11.9 Å². The highest BCUT2D eigenvalue weighted by molar-refractivity contribution is 5.97. The Morgan fingerprint density at radius 1 is 1.10 bits per heavy atom. The van der Waals surface area contributed by atoms with Crippen LogP contribution in [0.25, 0.3) is 0 Å². The maximum absolute atomic E-state index is 13.1. The molecule has 0 unspecified atom stereocenters. The van der Waals surface area contributed by atoms with Gasteiger partial charge in [0.15, 0.2) is 0 Å². The summed E-state index contributed by atoms with van der Waals surface area (Å²) in [6.07, 6.45) is 6.53. The van der Waals surface area contributed by atoms with Gasteiger partial charge in [0.2, 0.25) is 5.91 Å².